The van der Waals surface area contributed by atoms with Gasteiger partial charge in [0.05, 0.1) is 11.6 Å². The number of amides is 2. The molecule has 1 aliphatic heterocycles. The summed E-state index contributed by atoms with van der Waals surface area (Å²) in [5.41, 5.74) is -0.225. The van der Waals surface area contributed by atoms with Crippen molar-refractivity contribution in [1.29, 1.82) is 0 Å². The number of hydrogen-bond acceptors (Lipinski definition) is 4. The number of anilines is 1. The predicted octanol–water partition coefficient (Wildman–Crippen LogP) is 7.09. The zero-order valence-corrected chi connectivity index (χ0v) is 22.2. The molecule has 2 N–H and O–H groups in total. The number of fused-ring (bicyclic) bond motifs is 2. The monoisotopic (exact) mass is 617 g/mol. The van der Waals surface area contributed by atoms with Crippen LogP contribution in [0.25, 0.3) is 16.8 Å². The molecule has 3 heterocycles. The van der Waals surface area contributed by atoms with Crippen LogP contribution in [-0.2, 0) is 6.18 Å². The Labute approximate surface area is 242 Å². The molecule has 212 valence electrons. The average Bonchev–Trinajstić information content (AvgIpc) is 3.47. The third kappa shape index (κ3) is 5.03. The molecule has 5 aromatic rings. The van der Waals surface area contributed by atoms with Crippen LogP contribution in [0.15, 0.2) is 66.9 Å². The fourth-order valence-electron chi connectivity index (χ4n) is 4.79. The number of aromatic nitrogens is 3. The molecule has 2 amide bonds. The molecule has 6 rings (SSSR count). The highest BCUT2D eigenvalue weighted by atomic mass is 35.5. The fraction of sp³-hybridized carbons (Fsp3) is 0.0714. The van der Waals surface area contributed by atoms with Crippen molar-refractivity contribution in [1.82, 2.24) is 19.9 Å². The summed E-state index contributed by atoms with van der Waals surface area (Å²) in [6.45, 7) is 0. The van der Waals surface area contributed by atoms with Crippen molar-refractivity contribution in [2.45, 2.75) is 12.2 Å². The summed E-state index contributed by atoms with van der Waals surface area (Å²) in [6, 6.07) is 10.2. The van der Waals surface area contributed by atoms with E-state index >= 15 is 0 Å². The Morgan fingerprint density at radius 3 is 2.50 bits per heavy atom. The minimum atomic E-state index is -4.91. The lowest BCUT2D eigenvalue weighted by molar-refractivity contribution is -0.137. The average molecular weight is 618 g/mol. The summed E-state index contributed by atoms with van der Waals surface area (Å²) in [7, 11) is 0. The van der Waals surface area contributed by atoms with Gasteiger partial charge in [0.1, 0.15) is 11.6 Å². The molecular formula is C28H14Cl2F5N5O2. The topological polar surface area (TPSA) is 88.4 Å². The van der Waals surface area contributed by atoms with Gasteiger partial charge in [-0.1, -0.05) is 11.6 Å². The second kappa shape index (κ2) is 10.1. The van der Waals surface area contributed by atoms with Crippen molar-refractivity contribution in [3.8, 4) is 11.1 Å². The van der Waals surface area contributed by atoms with Gasteiger partial charge in [-0.15, -0.1) is 5.10 Å². The first kappa shape index (κ1) is 27.6. The van der Waals surface area contributed by atoms with E-state index in [1.54, 1.807) is 18.3 Å². The van der Waals surface area contributed by atoms with E-state index in [4.69, 9.17) is 23.2 Å². The molecule has 2 aromatic heterocycles. The molecule has 0 unspecified atom stereocenters. The molecule has 0 saturated carbocycles. The minimum absolute atomic E-state index is 0.00318. The number of benzene rings is 3. The standard InChI is InChI=1S/C28H14Cl2F5N5O2/c29-20-2-1-16(31)11-18(20)24-23-19(26(42)38-24)7-13(12-3-4-40-22(9-12)37-27(30)39-40)8-21(23)36-25(41)14-5-15(28(33,34)35)10-17(32)6-14/h1-11,24H,(H,36,41)(H,38,42)/t24-/m0/s1. The van der Waals surface area contributed by atoms with Crippen LogP contribution in [0.3, 0.4) is 0 Å². The zero-order valence-electron chi connectivity index (χ0n) is 20.7. The van der Waals surface area contributed by atoms with Gasteiger partial charge in [-0.2, -0.15) is 18.2 Å². The molecule has 7 nitrogen and oxygen atoms in total. The van der Waals surface area contributed by atoms with Gasteiger partial charge in [0.2, 0.25) is 5.28 Å². The Kier molecular flexibility index (Phi) is 6.62. The van der Waals surface area contributed by atoms with Crippen LogP contribution in [0.1, 0.15) is 43.4 Å². The number of rotatable bonds is 4. The Morgan fingerprint density at radius 2 is 1.74 bits per heavy atom. The summed E-state index contributed by atoms with van der Waals surface area (Å²) in [6.07, 6.45) is -3.34. The summed E-state index contributed by atoms with van der Waals surface area (Å²) in [5.74, 6) is -3.57. The van der Waals surface area contributed by atoms with Gasteiger partial charge in [0.25, 0.3) is 11.8 Å². The van der Waals surface area contributed by atoms with E-state index in [2.05, 4.69) is 20.7 Å². The van der Waals surface area contributed by atoms with E-state index in [1.807, 2.05) is 0 Å². The van der Waals surface area contributed by atoms with Crippen molar-refractivity contribution in [2.24, 2.45) is 0 Å². The Balaban J connectivity index is 1.51. The van der Waals surface area contributed by atoms with Crippen molar-refractivity contribution in [3.63, 3.8) is 0 Å². The summed E-state index contributed by atoms with van der Waals surface area (Å²) < 4.78 is 69.7. The molecule has 1 aliphatic rings. The highest BCUT2D eigenvalue weighted by Crippen LogP contribution is 2.42. The maximum absolute atomic E-state index is 14.2. The van der Waals surface area contributed by atoms with Crippen LogP contribution in [0, 0.1) is 11.6 Å². The van der Waals surface area contributed by atoms with Gasteiger partial charge in [-0.05, 0) is 83.4 Å². The second-order valence-corrected chi connectivity index (χ2v) is 10.1. The fourth-order valence-corrected chi connectivity index (χ4v) is 5.18. The molecular weight excluding hydrogens is 604 g/mol. The van der Waals surface area contributed by atoms with Crippen molar-refractivity contribution in [3.05, 3.63) is 117 Å². The summed E-state index contributed by atoms with van der Waals surface area (Å²) in [4.78, 5) is 30.5. The molecule has 3 aromatic carbocycles. The van der Waals surface area contributed by atoms with Crippen LogP contribution < -0.4 is 10.6 Å². The van der Waals surface area contributed by atoms with Crippen LogP contribution in [0.5, 0.6) is 0 Å². The number of carbonyl (C=O) groups excluding carboxylic acids is 2. The van der Waals surface area contributed by atoms with Crippen molar-refractivity contribution >= 4 is 46.4 Å². The van der Waals surface area contributed by atoms with Crippen molar-refractivity contribution < 1.29 is 31.5 Å². The number of carbonyl (C=O) groups is 2. The normalized spacial score (nSPS) is 14.6. The van der Waals surface area contributed by atoms with Crippen LogP contribution in [0.2, 0.25) is 10.3 Å². The van der Waals surface area contributed by atoms with Gasteiger partial charge < -0.3 is 10.6 Å². The molecule has 14 heteroatoms. The first-order valence-electron chi connectivity index (χ1n) is 12.0. The Morgan fingerprint density at radius 1 is 0.952 bits per heavy atom. The van der Waals surface area contributed by atoms with Crippen molar-refractivity contribution in [2.75, 3.05) is 5.32 Å². The van der Waals surface area contributed by atoms with E-state index in [1.165, 1.54) is 22.7 Å². The molecule has 0 fully saturated rings. The van der Waals surface area contributed by atoms with E-state index < -0.39 is 46.8 Å². The van der Waals surface area contributed by atoms with Crippen LogP contribution >= 0.6 is 23.2 Å². The number of nitrogens with zero attached hydrogens (tertiary/aromatic N) is 3. The minimum Gasteiger partial charge on any atom is -0.341 e. The smallest absolute Gasteiger partial charge is 0.341 e. The third-order valence-electron chi connectivity index (χ3n) is 6.64. The maximum Gasteiger partial charge on any atom is 0.416 e. The molecule has 0 spiro atoms. The molecule has 42 heavy (non-hydrogen) atoms. The predicted molar refractivity (Wildman–Crippen MR) is 144 cm³/mol. The summed E-state index contributed by atoms with van der Waals surface area (Å²) >= 11 is 12.2. The van der Waals surface area contributed by atoms with Gasteiger partial charge in [-0.25, -0.2) is 13.3 Å². The largest absolute Gasteiger partial charge is 0.416 e. The lowest BCUT2D eigenvalue weighted by Crippen LogP contribution is -2.21. The molecule has 0 bridgehead atoms. The lowest BCUT2D eigenvalue weighted by atomic mass is 9.92. The Bertz CT molecular complexity index is 1940. The van der Waals surface area contributed by atoms with Gasteiger partial charge >= 0.3 is 6.18 Å². The quantitative estimate of drug-likeness (QED) is 0.211. The number of nitrogens with one attached hydrogen (secondary N) is 2. The van der Waals surface area contributed by atoms with Gasteiger partial charge in [-0.3, -0.25) is 9.59 Å². The van der Waals surface area contributed by atoms with E-state index in [0.29, 0.717) is 28.9 Å². The number of hydrogen-bond donors (Lipinski definition) is 2. The van der Waals surface area contributed by atoms with E-state index in [-0.39, 0.29) is 38.8 Å². The first-order valence-corrected chi connectivity index (χ1v) is 12.8. The number of halogens is 7. The van der Waals surface area contributed by atoms with Gasteiger partial charge in [0.15, 0.2) is 5.65 Å². The zero-order chi connectivity index (χ0) is 29.9. The highest BCUT2D eigenvalue weighted by molar-refractivity contribution is 6.31. The molecule has 0 radical (unpaired) electrons. The van der Waals surface area contributed by atoms with Crippen LogP contribution in [0.4, 0.5) is 27.6 Å². The maximum atomic E-state index is 14.2. The molecule has 1 atom stereocenters. The second-order valence-electron chi connectivity index (χ2n) is 9.34. The first-order chi connectivity index (χ1) is 19.9. The highest BCUT2D eigenvalue weighted by Gasteiger charge is 2.36. The number of alkyl halides is 3. The third-order valence-corrected chi connectivity index (χ3v) is 7.14. The Hall–Kier alpha value is -4.55. The molecule has 0 saturated heterocycles. The molecule has 0 aliphatic carbocycles. The van der Waals surface area contributed by atoms with E-state index in [9.17, 15) is 31.5 Å². The van der Waals surface area contributed by atoms with Gasteiger partial charge in [0, 0.05) is 39.2 Å². The SMILES string of the molecule is O=C(Nc1cc(-c2ccn3nc(Cl)nc3c2)cc2c1[C@H](c1cc(F)ccc1Cl)NC2=O)c1cc(F)cc(C(F)(F)F)c1. The lowest BCUT2D eigenvalue weighted by Gasteiger charge is -2.19. The van der Waals surface area contributed by atoms with E-state index in [0.717, 1.165) is 12.1 Å². The number of pyridine rings is 1. The van der Waals surface area contributed by atoms with Crippen LogP contribution in [-0.4, -0.2) is 26.4 Å². The summed E-state index contributed by atoms with van der Waals surface area (Å²) in [5, 5.41) is 9.33.